The predicted octanol–water partition coefficient (Wildman–Crippen LogP) is 3.59. The molecule has 0 saturated carbocycles. The van der Waals surface area contributed by atoms with Crippen LogP contribution in [0.1, 0.15) is 5.56 Å². The molecule has 1 amide bonds. The third-order valence-corrected chi connectivity index (χ3v) is 3.94. The number of benzene rings is 2. The van der Waals surface area contributed by atoms with Gasteiger partial charge in [-0.05, 0) is 29.8 Å². The van der Waals surface area contributed by atoms with E-state index in [1.807, 2.05) is 0 Å². The highest BCUT2D eigenvalue weighted by atomic mass is 35.5. The first-order valence-corrected chi connectivity index (χ1v) is 7.63. The van der Waals surface area contributed by atoms with Crippen molar-refractivity contribution < 1.29 is 23.0 Å². The van der Waals surface area contributed by atoms with Crippen LogP contribution in [0, 0.1) is 11.6 Å². The van der Waals surface area contributed by atoms with Crippen molar-refractivity contribution in [2.24, 2.45) is 0 Å². The van der Waals surface area contributed by atoms with E-state index in [-0.39, 0.29) is 12.1 Å². The van der Waals surface area contributed by atoms with E-state index >= 15 is 0 Å². The molecule has 126 valence electrons. The van der Waals surface area contributed by atoms with Crippen molar-refractivity contribution in [2.75, 3.05) is 25.2 Å². The van der Waals surface area contributed by atoms with Crippen molar-refractivity contribution in [3.05, 3.63) is 52.6 Å². The number of fused-ring (bicyclic) bond motifs is 1. The lowest BCUT2D eigenvalue weighted by molar-refractivity contribution is -0.117. The summed E-state index contributed by atoms with van der Waals surface area (Å²) in [5, 5.41) is 0.342. The molecule has 0 N–H and O–H groups in total. The fraction of sp³-hybridized carbons (Fsp3) is 0.235. The van der Waals surface area contributed by atoms with E-state index in [1.54, 1.807) is 12.1 Å². The molecule has 0 aromatic heterocycles. The average Bonchev–Trinajstić information content (AvgIpc) is 2.56. The van der Waals surface area contributed by atoms with Gasteiger partial charge in [-0.1, -0.05) is 11.6 Å². The van der Waals surface area contributed by atoms with Gasteiger partial charge in [0.05, 0.1) is 17.1 Å². The molecule has 0 radical (unpaired) electrons. The molecule has 4 nitrogen and oxygen atoms in total. The van der Waals surface area contributed by atoms with E-state index in [9.17, 15) is 13.6 Å². The fourth-order valence-corrected chi connectivity index (χ4v) is 2.72. The number of rotatable bonds is 3. The molecule has 0 bridgehead atoms. The van der Waals surface area contributed by atoms with Crippen molar-refractivity contribution in [3.63, 3.8) is 0 Å². The van der Waals surface area contributed by atoms with Crippen molar-refractivity contribution in [3.8, 4) is 11.5 Å². The smallest absolute Gasteiger partial charge is 0.231 e. The monoisotopic (exact) mass is 353 g/mol. The van der Waals surface area contributed by atoms with Gasteiger partial charge in [0.1, 0.15) is 24.8 Å². The maximum absolute atomic E-state index is 13.8. The van der Waals surface area contributed by atoms with Gasteiger partial charge >= 0.3 is 0 Å². The topological polar surface area (TPSA) is 38.8 Å². The minimum atomic E-state index is -0.674. The van der Waals surface area contributed by atoms with Crippen LogP contribution < -0.4 is 14.4 Å². The van der Waals surface area contributed by atoms with Gasteiger partial charge in [0.15, 0.2) is 11.5 Å². The van der Waals surface area contributed by atoms with Gasteiger partial charge in [0, 0.05) is 13.1 Å². The summed E-state index contributed by atoms with van der Waals surface area (Å²) < 4.78 is 38.0. The Balaban J connectivity index is 1.82. The fourth-order valence-electron chi connectivity index (χ4n) is 2.44. The van der Waals surface area contributed by atoms with Crippen LogP contribution in [-0.4, -0.2) is 26.2 Å². The standard InChI is InChI=1S/C17H14ClF2NO3/c1-21(14-9-11(19)2-3-13(14)20)16(22)8-10-6-12(18)17-15(7-10)23-4-5-24-17/h2-3,6-7,9H,4-5,8H2,1H3. The Morgan fingerprint density at radius 3 is 2.75 bits per heavy atom. The van der Waals surface area contributed by atoms with E-state index in [0.29, 0.717) is 35.3 Å². The number of nitrogens with zero attached hydrogens (tertiary/aromatic N) is 1. The molecule has 1 aliphatic rings. The summed E-state index contributed by atoms with van der Waals surface area (Å²) >= 11 is 6.13. The lowest BCUT2D eigenvalue weighted by Crippen LogP contribution is -2.29. The molecule has 0 saturated heterocycles. The minimum absolute atomic E-state index is 0.0389. The summed E-state index contributed by atoms with van der Waals surface area (Å²) in [6.07, 6.45) is -0.0389. The highest BCUT2D eigenvalue weighted by Gasteiger charge is 2.20. The maximum atomic E-state index is 13.8. The lowest BCUT2D eigenvalue weighted by atomic mass is 10.1. The lowest BCUT2D eigenvalue weighted by Gasteiger charge is -2.21. The summed E-state index contributed by atoms with van der Waals surface area (Å²) in [5.74, 6) is -0.784. The first-order valence-electron chi connectivity index (χ1n) is 7.25. The summed E-state index contributed by atoms with van der Waals surface area (Å²) in [6.45, 7) is 0.807. The third kappa shape index (κ3) is 3.28. The minimum Gasteiger partial charge on any atom is -0.486 e. The van der Waals surface area contributed by atoms with Crippen LogP contribution in [0.4, 0.5) is 14.5 Å². The molecule has 1 heterocycles. The van der Waals surface area contributed by atoms with Crippen LogP contribution in [0.3, 0.4) is 0 Å². The SMILES string of the molecule is CN(C(=O)Cc1cc(Cl)c2c(c1)OCCO2)c1cc(F)ccc1F. The van der Waals surface area contributed by atoms with Crippen molar-refractivity contribution in [1.29, 1.82) is 0 Å². The van der Waals surface area contributed by atoms with E-state index in [2.05, 4.69) is 0 Å². The zero-order valence-corrected chi connectivity index (χ0v) is 13.6. The number of ether oxygens (including phenoxy) is 2. The van der Waals surface area contributed by atoms with E-state index in [4.69, 9.17) is 21.1 Å². The second-order valence-corrected chi connectivity index (χ2v) is 5.73. The van der Waals surface area contributed by atoms with Crippen LogP contribution in [0.25, 0.3) is 0 Å². The Labute approximate surface area is 142 Å². The van der Waals surface area contributed by atoms with Gasteiger partial charge in [0.2, 0.25) is 5.91 Å². The Bertz CT molecular complexity index is 798. The molecule has 7 heteroatoms. The number of likely N-dealkylation sites (N-methyl/N-ethyl adjacent to an activating group) is 1. The van der Waals surface area contributed by atoms with Crippen LogP contribution in [0.15, 0.2) is 30.3 Å². The van der Waals surface area contributed by atoms with Crippen LogP contribution in [-0.2, 0) is 11.2 Å². The quantitative estimate of drug-likeness (QED) is 0.846. The highest BCUT2D eigenvalue weighted by molar-refractivity contribution is 6.32. The number of halogens is 3. The summed E-state index contributed by atoms with van der Waals surface area (Å²) in [4.78, 5) is 13.4. The van der Waals surface area contributed by atoms with Gasteiger partial charge in [-0.15, -0.1) is 0 Å². The first-order chi connectivity index (χ1) is 11.5. The Kier molecular flexibility index (Phi) is 4.57. The van der Waals surface area contributed by atoms with E-state index < -0.39 is 17.5 Å². The predicted molar refractivity (Wildman–Crippen MR) is 85.9 cm³/mol. The molecule has 0 unspecified atom stereocenters. The molecule has 2 aromatic carbocycles. The molecule has 0 spiro atoms. The number of carbonyl (C=O) groups is 1. The first kappa shape index (κ1) is 16.5. The molecule has 3 rings (SSSR count). The molecule has 1 aliphatic heterocycles. The zero-order chi connectivity index (χ0) is 17.3. The normalized spacial score (nSPS) is 12.8. The van der Waals surface area contributed by atoms with Crippen molar-refractivity contribution in [2.45, 2.75) is 6.42 Å². The van der Waals surface area contributed by atoms with Gasteiger partial charge in [-0.2, -0.15) is 0 Å². The van der Waals surface area contributed by atoms with E-state index in [0.717, 1.165) is 23.1 Å². The number of amides is 1. The molecule has 24 heavy (non-hydrogen) atoms. The number of carbonyl (C=O) groups excluding carboxylic acids is 1. The summed E-state index contributed by atoms with van der Waals surface area (Å²) in [5.41, 5.74) is 0.474. The zero-order valence-electron chi connectivity index (χ0n) is 12.8. The van der Waals surface area contributed by atoms with Crippen molar-refractivity contribution in [1.82, 2.24) is 0 Å². The van der Waals surface area contributed by atoms with E-state index in [1.165, 1.54) is 7.05 Å². The number of hydrogen-bond acceptors (Lipinski definition) is 3. The molecule has 0 atom stereocenters. The second-order valence-electron chi connectivity index (χ2n) is 5.33. The molecule has 2 aromatic rings. The molecular formula is C17H14ClF2NO3. The van der Waals surface area contributed by atoms with Crippen LogP contribution in [0.2, 0.25) is 5.02 Å². The molecular weight excluding hydrogens is 340 g/mol. The highest BCUT2D eigenvalue weighted by Crippen LogP contribution is 2.38. The Morgan fingerprint density at radius 2 is 1.96 bits per heavy atom. The van der Waals surface area contributed by atoms with Crippen molar-refractivity contribution >= 4 is 23.2 Å². The average molecular weight is 354 g/mol. The van der Waals surface area contributed by atoms with Crippen LogP contribution >= 0.6 is 11.6 Å². The third-order valence-electron chi connectivity index (χ3n) is 3.66. The van der Waals surface area contributed by atoms with Gasteiger partial charge in [-0.25, -0.2) is 8.78 Å². The van der Waals surface area contributed by atoms with Gasteiger partial charge in [-0.3, -0.25) is 4.79 Å². The summed E-state index contributed by atoms with van der Waals surface area (Å²) in [6, 6.07) is 6.22. The largest absolute Gasteiger partial charge is 0.486 e. The van der Waals surface area contributed by atoms with Gasteiger partial charge in [0.25, 0.3) is 0 Å². The Hall–Kier alpha value is -2.34. The number of hydrogen-bond donors (Lipinski definition) is 0. The van der Waals surface area contributed by atoms with Crippen LogP contribution in [0.5, 0.6) is 11.5 Å². The molecule has 0 aliphatic carbocycles. The Morgan fingerprint density at radius 1 is 1.21 bits per heavy atom. The molecule has 0 fully saturated rings. The second kappa shape index (κ2) is 6.65. The maximum Gasteiger partial charge on any atom is 0.231 e. The van der Waals surface area contributed by atoms with Gasteiger partial charge < -0.3 is 14.4 Å². The summed E-state index contributed by atoms with van der Waals surface area (Å²) in [7, 11) is 1.39. The number of anilines is 1.